The summed E-state index contributed by atoms with van der Waals surface area (Å²) in [6, 6.07) is 18.6. The van der Waals surface area contributed by atoms with Crippen molar-refractivity contribution >= 4 is 46.8 Å². The lowest BCUT2D eigenvalue weighted by molar-refractivity contribution is -0.128. The van der Waals surface area contributed by atoms with Crippen LogP contribution in [-0.4, -0.2) is 35.8 Å². The molecule has 3 aromatic carbocycles. The van der Waals surface area contributed by atoms with Gasteiger partial charge in [0.2, 0.25) is 17.7 Å². The van der Waals surface area contributed by atoms with Crippen molar-refractivity contribution in [2.75, 3.05) is 17.3 Å². The summed E-state index contributed by atoms with van der Waals surface area (Å²) in [7, 11) is 1.50. The lowest BCUT2D eigenvalue weighted by Crippen LogP contribution is -2.46. The number of carbonyl (C=O) groups is 3. The topological polar surface area (TPSA) is 79.0 Å². The Hall–Kier alpha value is -4.10. The molecule has 7 nitrogen and oxygen atoms in total. The van der Waals surface area contributed by atoms with Gasteiger partial charge in [0.15, 0.2) is 0 Å². The third kappa shape index (κ3) is 3.61. The smallest absolute Gasteiger partial charge is 0.248 e. The van der Waals surface area contributed by atoms with E-state index in [9.17, 15) is 14.4 Å². The van der Waals surface area contributed by atoms with E-state index in [0.29, 0.717) is 22.1 Å². The van der Waals surface area contributed by atoms with Gasteiger partial charge in [0, 0.05) is 11.2 Å². The number of hydrogen-bond acceptors (Lipinski definition) is 5. The first-order valence-corrected chi connectivity index (χ1v) is 12.4. The number of hydrogen-bond donors (Lipinski definition) is 1. The normalized spacial score (nSPS) is 23.5. The molecule has 8 heteroatoms. The number of halogens is 1. The quantitative estimate of drug-likeness (QED) is 0.506. The number of nitrogens with one attached hydrogen (secondary N) is 1. The zero-order chi connectivity index (χ0) is 25.8. The summed E-state index contributed by atoms with van der Waals surface area (Å²) in [5.74, 6) is -2.21. The molecule has 3 amide bonds. The zero-order valence-electron chi connectivity index (χ0n) is 20.2. The third-order valence-corrected chi connectivity index (χ3v) is 7.68. The van der Waals surface area contributed by atoms with Crippen LogP contribution in [-0.2, 0) is 14.4 Å². The van der Waals surface area contributed by atoms with Crippen LogP contribution < -0.4 is 15.0 Å². The average molecular weight is 514 g/mol. The minimum Gasteiger partial charge on any atom is -0.495 e. The van der Waals surface area contributed by atoms with Gasteiger partial charge in [-0.2, -0.15) is 0 Å². The molecule has 186 valence electrons. The molecule has 0 aromatic heterocycles. The number of carbonyl (C=O) groups excluding carboxylic acids is 3. The average Bonchev–Trinajstić information content (AvgIpc) is 3.37. The maximum atomic E-state index is 13.9. The summed E-state index contributed by atoms with van der Waals surface area (Å²) in [5, 5.41) is 3.34. The summed E-state index contributed by atoms with van der Waals surface area (Å²) in [4.78, 5) is 44.8. The highest BCUT2D eigenvalue weighted by Gasteiger charge is 2.64. The fraction of sp³-hybridized carbons (Fsp3) is 0.207. The van der Waals surface area contributed by atoms with Crippen LogP contribution in [0.4, 0.5) is 11.4 Å². The molecule has 2 fully saturated rings. The molecule has 3 aliphatic heterocycles. The molecule has 1 N–H and O–H groups in total. The van der Waals surface area contributed by atoms with Crippen molar-refractivity contribution in [3.8, 4) is 5.75 Å². The van der Waals surface area contributed by atoms with Crippen LogP contribution in [0.3, 0.4) is 0 Å². The van der Waals surface area contributed by atoms with Crippen LogP contribution in [0.15, 0.2) is 72.9 Å². The van der Waals surface area contributed by atoms with E-state index in [1.807, 2.05) is 60.5 Å². The van der Waals surface area contributed by atoms with Gasteiger partial charge in [-0.3, -0.25) is 14.4 Å². The monoisotopic (exact) mass is 513 g/mol. The first kappa shape index (κ1) is 23.3. The largest absolute Gasteiger partial charge is 0.495 e. The molecule has 4 atom stereocenters. The molecular formula is C29H24ClN3O4. The number of ether oxygens (including phenoxy) is 1. The molecule has 37 heavy (non-hydrogen) atoms. The van der Waals surface area contributed by atoms with Gasteiger partial charge in [-0.25, -0.2) is 4.90 Å². The molecule has 0 unspecified atom stereocenters. The maximum absolute atomic E-state index is 13.9. The van der Waals surface area contributed by atoms with Crippen molar-refractivity contribution in [1.82, 2.24) is 4.90 Å². The predicted molar refractivity (Wildman–Crippen MR) is 141 cm³/mol. The van der Waals surface area contributed by atoms with Gasteiger partial charge < -0.3 is 15.0 Å². The first-order valence-electron chi connectivity index (χ1n) is 12.0. The van der Waals surface area contributed by atoms with Crippen LogP contribution in [0.2, 0.25) is 5.02 Å². The minimum absolute atomic E-state index is 0.297. The predicted octanol–water partition coefficient (Wildman–Crippen LogP) is 4.81. The summed E-state index contributed by atoms with van der Waals surface area (Å²) in [5.41, 5.74) is 3.82. The van der Waals surface area contributed by atoms with Crippen molar-refractivity contribution in [2.24, 2.45) is 11.8 Å². The van der Waals surface area contributed by atoms with Gasteiger partial charge in [0.1, 0.15) is 11.8 Å². The number of anilines is 2. The Kier molecular flexibility index (Phi) is 5.53. The number of rotatable bonds is 4. The van der Waals surface area contributed by atoms with Crippen LogP contribution in [0.5, 0.6) is 5.75 Å². The molecule has 6 rings (SSSR count). The van der Waals surface area contributed by atoms with E-state index in [0.717, 1.165) is 16.7 Å². The molecule has 3 aromatic rings. The molecule has 0 spiro atoms. The number of imide groups is 1. The second kappa shape index (κ2) is 8.78. The lowest BCUT2D eigenvalue weighted by Gasteiger charge is -2.35. The number of aryl methyl sites for hydroxylation is 1. The van der Waals surface area contributed by atoms with Gasteiger partial charge in [-0.15, -0.1) is 0 Å². The molecule has 0 radical (unpaired) electrons. The Morgan fingerprint density at radius 1 is 0.973 bits per heavy atom. The standard InChI is InChI=1S/C29H24ClN3O4/c1-16-7-10-19(11-8-16)33-28(35)23-24(29(33)36)26(27(34)31-21-15-18(30)9-12-22(21)37-2)32-14-13-17-5-3-4-6-20(17)25(23)32/h3-15,23-26H,1-2H3,(H,31,34)/t23-,24+,25+,26-/m0/s1. The maximum Gasteiger partial charge on any atom is 0.248 e. The van der Waals surface area contributed by atoms with Crippen molar-refractivity contribution in [1.29, 1.82) is 0 Å². The van der Waals surface area contributed by atoms with E-state index in [-0.39, 0.29) is 11.8 Å². The van der Waals surface area contributed by atoms with Crippen LogP contribution >= 0.6 is 11.6 Å². The van der Waals surface area contributed by atoms with E-state index in [4.69, 9.17) is 16.3 Å². The lowest BCUT2D eigenvalue weighted by atomic mass is 9.84. The van der Waals surface area contributed by atoms with E-state index < -0.39 is 29.8 Å². The summed E-state index contributed by atoms with van der Waals surface area (Å²) < 4.78 is 5.40. The van der Waals surface area contributed by atoms with Crippen LogP contribution in [0.1, 0.15) is 22.7 Å². The van der Waals surface area contributed by atoms with Gasteiger partial charge in [-0.1, -0.05) is 53.6 Å². The van der Waals surface area contributed by atoms with E-state index in [1.165, 1.54) is 12.0 Å². The highest BCUT2D eigenvalue weighted by atomic mass is 35.5. The number of methoxy groups -OCH3 is 1. The highest BCUT2D eigenvalue weighted by molar-refractivity contribution is 6.31. The molecule has 3 heterocycles. The molecule has 2 saturated heterocycles. The van der Waals surface area contributed by atoms with Crippen molar-refractivity contribution in [2.45, 2.75) is 19.0 Å². The molecular weight excluding hydrogens is 490 g/mol. The third-order valence-electron chi connectivity index (χ3n) is 7.44. The van der Waals surface area contributed by atoms with Crippen molar-refractivity contribution in [3.05, 3.63) is 94.6 Å². The van der Waals surface area contributed by atoms with E-state index in [2.05, 4.69) is 5.32 Å². The minimum atomic E-state index is -0.907. The fourth-order valence-electron chi connectivity index (χ4n) is 5.79. The molecule has 0 saturated carbocycles. The Morgan fingerprint density at radius 2 is 1.70 bits per heavy atom. The Labute approximate surface area is 219 Å². The van der Waals surface area contributed by atoms with Gasteiger partial charge >= 0.3 is 0 Å². The van der Waals surface area contributed by atoms with Gasteiger partial charge in [0.25, 0.3) is 0 Å². The van der Waals surface area contributed by atoms with Crippen molar-refractivity contribution in [3.63, 3.8) is 0 Å². The van der Waals surface area contributed by atoms with E-state index in [1.54, 1.807) is 30.3 Å². The number of amides is 3. The van der Waals surface area contributed by atoms with Crippen LogP contribution in [0.25, 0.3) is 6.08 Å². The van der Waals surface area contributed by atoms with Crippen molar-refractivity contribution < 1.29 is 19.1 Å². The zero-order valence-corrected chi connectivity index (χ0v) is 21.0. The summed E-state index contributed by atoms with van der Waals surface area (Å²) in [6.07, 6.45) is 3.74. The highest BCUT2D eigenvalue weighted by Crippen LogP contribution is 2.53. The van der Waals surface area contributed by atoms with Gasteiger partial charge in [0.05, 0.1) is 36.4 Å². The van der Waals surface area contributed by atoms with Gasteiger partial charge in [-0.05, 0) is 54.5 Å². The summed E-state index contributed by atoms with van der Waals surface area (Å²) >= 11 is 6.18. The van der Waals surface area contributed by atoms with E-state index >= 15 is 0 Å². The molecule has 0 bridgehead atoms. The summed E-state index contributed by atoms with van der Waals surface area (Å²) in [6.45, 7) is 1.94. The molecule has 0 aliphatic carbocycles. The van der Waals surface area contributed by atoms with Crippen LogP contribution in [0, 0.1) is 18.8 Å². The SMILES string of the molecule is COc1ccc(Cl)cc1NC(=O)[C@@H]1[C@@H]2C(=O)N(c3ccc(C)cc3)C(=O)[C@@H]2[C@H]2c3ccccc3C=CN12. The Balaban J connectivity index is 1.44. The Morgan fingerprint density at radius 3 is 2.46 bits per heavy atom. The first-order chi connectivity index (χ1) is 17.9. The number of nitrogens with zero attached hydrogens (tertiary/aromatic N) is 2. The Bertz CT molecular complexity index is 1470. The fourth-order valence-corrected chi connectivity index (χ4v) is 5.96. The number of fused-ring (bicyclic) bond motifs is 5. The second-order valence-corrected chi connectivity index (χ2v) is 9.95. The molecule has 3 aliphatic rings. The number of benzene rings is 3. The second-order valence-electron chi connectivity index (χ2n) is 9.51.